The lowest BCUT2D eigenvalue weighted by molar-refractivity contribution is -0.151. The lowest BCUT2D eigenvalue weighted by atomic mass is 10.1. The molecule has 2 aliphatic heterocycles. The van der Waals surface area contributed by atoms with Crippen molar-refractivity contribution >= 4 is 23.6 Å². The SMILES string of the molecule is CC(C)C1SCC(C(=O)O)N1C(=O)C1COCCN1. The maximum absolute atomic E-state index is 12.5. The molecular weight excluding hydrogens is 268 g/mol. The number of rotatable bonds is 3. The van der Waals surface area contributed by atoms with Crippen LogP contribution in [-0.2, 0) is 14.3 Å². The highest BCUT2D eigenvalue weighted by Crippen LogP contribution is 2.34. The second kappa shape index (κ2) is 6.11. The molecule has 0 aromatic carbocycles. The highest BCUT2D eigenvalue weighted by Gasteiger charge is 2.44. The molecule has 7 heteroatoms. The van der Waals surface area contributed by atoms with Gasteiger partial charge >= 0.3 is 5.97 Å². The molecule has 2 saturated heterocycles. The minimum absolute atomic E-state index is 0.0719. The summed E-state index contributed by atoms with van der Waals surface area (Å²) in [5.74, 6) is -0.406. The van der Waals surface area contributed by atoms with Crippen LogP contribution in [0, 0.1) is 5.92 Å². The number of thioether (sulfide) groups is 1. The number of aliphatic carboxylic acids is 1. The summed E-state index contributed by atoms with van der Waals surface area (Å²) in [5.41, 5.74) is 0. The van der Waals surface area contributed by atoms with Crippen LogP contribution in [0.4, 0.5) is 0 Å². The number of nitrogens with one attached hydrogen (secondary N) is 1. The zero-order valence-electron chi connectivity index (χ0n) is 11.2. The van der Waals surface area contributed by atoms with Gasteiger partial charge in [-0.1, -0.05) is 13.8 Å². The fraction of sp³-hybridized carbons (Fsp3) is 0.833. The maximum Gasteiger partial charge on any atom is 0.327 e. The summed E-state index contributed by atoms with van der Waals surface area (Å²) in [4.78, 5) is 25.4. The lowest BCUT2D eigenvalue weighted by Gasteiger charge is -2.34. The number of carboxylic acid groups (broad SMARTS) is 1. The smallest absolute Gasteiger partial charge is 0.327 e. The normalized spacial score (nSPS) is 31.7. The molecule has 0 spiro atoms. The van der Waals surface area contributed by atoms with Crippen molar-refractivity contribution in [3.63, 3.8) is 0 Å². The van der Waals surface area contributed by atoms with E-state index in [9.17, 15) is 14.7 Å². The van der Waals surface area contributed by atoms with Crippen LogP contribution in [0.3, 0.4) is 0 Å². The van der Waals surface area contributed by atoms with Crippen LogP contribution in [0.2, 0.25) is 0 Å². The molecule has 2 fully saturated rings. The quantitative estimate of drug-likeness (QED) is 0.760. The molecule has 3 unspecified atom stereocenters. The standard InChI is InChI=1S/C12H20N2O4S/c1-7(2)11-14(9(6-19-11)12(16)17)10(15)8-5-18-4-3-13-8/h7-9,11,13H,3-6H2,1-2H3,(H,16,17). The number of carboxylic acids is 1. The second-order valence-electron chi connectivity index (χ2n) is 5.15. The predicted octanol–water partition coefficient (Wildman–Crippen LogP) is -0.0145. The van der Waals surface area contributed by atoms with Gasteiger partial charge in [0.25, 0.3) is 0 Å². The predicted molar refractivity (Wildman–Crippen MR) is 72.0 cm³/mol. The summed E-state index contributed by atoms with van der Waals surface area (Å²) >= 11 is 1.54. The van der Waals surface area contributed by atoms with E-state index in [2.05, 4.69) is 5.32 Å². The third-order valence-corrected chi connectivity index (χ3v) is 4.99. The number of carbonyl (C=O) groups excluding carboxylic acids is 1. The molecule has 19 heavy (non-hydrogen) atoms. The molecule has 0 saturated carbocycles. The third kappa shape index (κ3) is 3.04. The minimum atomic E-state index is -0.930. The van der Waals surface area contributed by atoms with Crippen molar-refractivity contribution < 1.29 is 19.4 Å². The zero-order valence-corrected chi connectivity index (χ0v) is 12.0. The van der Waals surface area contributed by atoms with Crippen LogP contribution in [0.25, 0.3) is 0 Å². The molecule has 0 aromatic rings. The Bertz CT molecular complexity index is 358. The van der Waals surface area contributed by atoms with Crippen molar-refractivity contribution in [3.8, 4) is 0 Å². The van der Waals surface area contributed by atoms with Gasteiger partial charge in [-0.15, -0.1) is 11.8 Å². The molecule has 6 nitrogen and oxygen atoms in total. The van der Waals surface area contributed by atoms with Crippen LogP contribution in [0.5, 0.6) is 0 Å². The molecule has 0 aromatic heterocycles. The molecule has 2 aliphatic rings. The Kier molecular flexibility index (Phi) is 4.70. The van der Waals surface area contributed by atoms with Crippen molar-refractivity contribution in [2.75, 3.05) is 25.5 Å². The van der Waals surface area contributed by atoms with Gasteiger partial charge in [-0.05, 0) is 5.92 Å². The Morgan fingerprint density at radius 2 is 2.21 bits per heavy atom. The molecule has 2 rings (SSSR count). The van der Waals surface area contributed by atoms with Crippen LogP contribution < -0.4 is 5.32 Å². The third-order valence-electron chi connectivity index (χ3n) is 3.36. The second-order valence-corrected chi connectivity index (χ2v) is 6.30. The molecule has 0 aliphatic carbocycles. The molecular formula is C12H20N2O4S. The van der Waals surface area contributed by atoms with Gasteiger partial charge in [-0.2, -0.15) is 0 Å². The molecule has 3 atom stereocenters. The van der Waals surface area contributed by atoms with Gasteiger partial charge in [0.15, 0.2) is 0 Å². The van der Waals surface area contributed by atoms with Crippen LogP contribution in [-0.4, -0.2) is 64.9 Å². The number of amides is 1. The van der Waals surface area contributed by atoms with E-state index < -0.39 is 18.1 Å². The number of hydrogen-bond acceptors (Lipinski definition) is 5. The number of ether oxygens (including phenoxy) is 1. The van der Waals surface area contributed by atoms with Crippen LogP contribution in [0.15, 0.2) is 0 Å². The monoisotopic (exact) mass is 288 g/mol. The summed E-state index contributed by atoms with van der Waals surface area (Å²) in [5, 5.41) is 12.3. The van der Waals surface area contributed by atoms with Crippen LogP contribution >= 0.6 is 11.8 Å². The molecule has 108 valence electrons. The van der Waals surface area contributed by atoms with Crippen molar-refractivity contribution in [1.29, 1.82) is 0 Å². The van der Waals surface area contributed by atoms with E-state index >= 15 is 0 Å². The Labute approximate surface area is 116 Å². The van der Waals surface area contributed by atoms with E-state index in [0.717, 1.165) is 0 Å². The summed E-state index contributed by atoms with van der Waals surface area (Å²) in [7, 11) is 0. The van der Waals surface area contributed by atoms with Crippen molar-refractivity contribution in [2.24, 2.45) is 5.92 Å². The molecule has 2 heterocycles. The molecule has 1 amide bonds. The Morgan fingerprint density at radius 1 is 1.47 bits per heavy atom. The fourth-order valence-electron chi connectivity index (χ4n) is 2.41. The topological polar surface area (TPSA) is 78.9 Å². The average Bonchev–Trinajstić information content (AvgIpc) is 2.83. The molecule has 0 radical (unpaired) electrons. The van der Waals surface area contributed by atoms with E-state index in [1.807, 2.05) is 13.8 Å². The Morgan fingerprint density at radius 3 is 2.74 bits per heavy atom. The molecule has 2 N–H and O–H groups in total. The number of hydrogen-bond donors (Lipinski definition) is 2. The van der Waals surface area contributed by atoms with Gasteiger partial charge in [-0.3, -0.25) is 4.79 Å². The zero-order chi connectivity index (χ0) is 14.0. The summed E-state index contributed by atoms with van der Waals surface area (Å²) < 4.78 is 5.29. The van der Waals surface area contributed by atoms with Crippen molar-refractivity contribution in [2.45, 2.75) is 31.3 Å². The number of carbonyl (C=O) groups is 2. The van der Waals surface area contributed by atoms with Gasteiger partial charge < -0.3 is 20.1 Å². The largest absolute Gasteiger partial charge is 0.480 e. The summed E-state index contributed by atoms with van der Waals surface area (Å²) in [6.07, 6.45) is 0. The van der Waals surface area contributed by atoms with Crippen LogP contribution in [0.1, 0.15) is 13.8 Å². The van der Waals surface area contributed by atoms with E-state index in [1.54, 1.807) is 11.8 Å². The van der Waals surface area contributed by atoms with E-state index in [0.29, 0.717) is 25.5 Å². The fourth-order valence-corrected chi connectivity index (χ4v) is 3.89. The first kappa shape index (κ1) is 14.6. The summed E-state index contributed by atoms with van der Waals surface area (Å²) in [6, 6.07) is -1.15. The van der Waals surface area contributed by atoms with Gasteiger partial charge in [0.05, 0.1) is 18.6 Å². The first-order valence-electron chi connectivity index (χ1n) is 6.50. The highest BCUT2D eigenvalue weighted by atomic mass is 32.2. The van der Waals surface area contributed by atoms with Gasteiger partial charge in [-0.25, -0.2) is 4.79 Å². The number of morpholine rings is 1. The number of nitrogens with zero attached hydrogens (tertiary/aromatic N) is 1. The Balaban J connectivity index is 2.15. The Hall–Kier alpha value is -0.790. The first-order chi connectivity index (χ1) is 9.02. The van der Waals surface area contributed by atoms with Gasteiger partial charge in [0.2, 0.25) is 5.91 Å². The minimum Gasteiger partial charge on any atom is -0.480 e. The highest BCUT2D eigenvalue weighted by molar-refractivity contribution is 8.00. The van der Waals surface area contributed by atoms with Gasteiger partial charge in [0.1, 0.15) is 12.1 Å². The van der Waals surface area contributed by atoms with Crippen molar-refractivity contribution in [1.82, 2.24) is 10.2 Å². The van der Waals surface area contributed by atoms with Crippen molar-refractivity contribution in [3.05, 3.63) is 0 Å². The average molecular weight is 288 g/mol. The molecule has 0 bridgehead atoms. The van der Waals surface area contributed by atoms with E-state index in [1.165, 1.54) is 4.90 Å². The lowest BCUT2D eigenvalue weighted by Crippen LogP contribution is -2.57. The van der Waals surface area contributed by atoms with Gasteiger partial charge in [0, 0.05) is 12.3 Å². The van der Waals surface area contributed by atoms with E-state index in [-0.39, 0.29) is 17.2 Å². The van der Waals surface area contributed by atoms with E-state index in [4.69, 9.17) is 4.74 Å². The first-order valence-corrected chi connectivity index (χ1v) is 7.55. The maximum atomic E-state index is 12.5. The summed E-state index contributed by atoms with van der Waals surface area (Å²) in [6.45, 7) is 5.55.